The van der Waals surface area contributed by atoms with Crippen LogP contribution < -0.4 is 5.32 Å². The van der Waals surface area contributed by atoms with Gasteiger partial charge in [0.2, 0.25) is 0 Å². The fourth-order valence-electron chi connectivity index (χ4n) is 1.17. The Morgan fingerprint density at radius 1 is 1.50 bits per heavy atom. The van der Waals surface area contributed by atoms with Crippen LogP contribution in [0.25, 0.3) is 0 Å². The van der Waals surface area contributed by atoms with Crippen molar-refractivity contribution in [1.29, 1.82) is 0 Å². The van der Waals surface area contributed by atoms with Crippen LogP contribution in [-0.4, -0.2) is 19.1 Å². The highest BCUT2D eigenvalue weighted by atomic mass is 19.1. The summed E-state index contributed by atoms with van der Waals surface area (Å²) in [6, 6.07) is 4.36. The van der Waals surface area contributed by atoms with Crippen molar-refractivity contribution in [2.75, 3.05) is 13.2 Å². The van der Waals surface area contributed by atoms with Gasteiger partial charge in [0.05, 0.1) is 5.56 Å². The van der Waals surface area contributed by atoms with Crippen LogP contribution in [0.5, 0.6) is 0 Å². The summed E-state index contributed by atoms with van der Waals surface area (Å²) in [5.41, 5.74) is 0.530. The summed E-state index contributed by atoms with van der Waals surface area (Å²) in [4.78, 5) is 11.3. The molecule has 0 atom stereocenters. The van der Waals surface area contributed by atoms with Crippen molar-refractivity contribution in [3.05, 3.63) is 35.1 Å². The maximum atomic E-state index is 13.2. The number of hydrogen-bond acceptors (Lipinski definition) is 1. The van der Waals surface area contributed by atoms with Gasteiger partial charge in [0.25, 0.3) is 5.91 Å². The molecule has 0 radical (unpaired) electrons. The van der Waals surface area contributed by atoms with Gasteiger partial charge in [-0.25, -0.2) is 8.78 Å². The van der Waals surface area contributed by atoms with Crippen LogP contribution in [0.3, 0.4) is 0 Å². The average Bonchev–Trinajstić information content (AvgIpc) is 2.14. The lowest BCUT2D eigenvalue weighted by atomic mass is 10.1. The molecule has 0 bridgehead atoms. The zero-order valence-corrected chi connectivity index (χ0v) is 7.81. The minimum atomic E-state index is -0.654. The minimum Gasteiger partial charge on any atom is -0.349 e. The number of benzene rings is 1. The Kier molecular flexibility index (Phi) is 3.56. The fraction of sp³-hybridized carbons (Fsp3) is 0.300. The lowest BCUT2D eigenvalue weighted by Crippen LogP contribution is -2.27. The standard InChI is InChI=1S/C10H11F2NO/c1-7-3-2-4-8(12)9(7)10(14)13-6-5-11/h2-4H,5-6H2,1H3,(H,13,14). The monoisotopic (exact) mass is 199 g/mol. The highest BCUT2D eigenvalue weighted by molar-refractivity contribution is 5.95. The molecule has 0 aliphatic rings. The van der Waals surface area contributed by atoms with Crippen molar-refractivity contribution >= 4 is 5.91 Å². The first-order chi connectivity index (χ1) is 6.66. The molecule has 0 aliphatic carbocycles. The number of rotatable bonds is 3. The lowest BCUT2D eigenvalue weighted by Gasteiger charge is -2.06. The summed E-state index contributed by atoms with van der Waals surface area (Å²) in [5, 5.41) is 2.28. The van der Waals surface area contributed by atoms with E-state index in [2.05, 4.69) is 5.32 Å². The molecule has 0 saturated carbocycles. The van der Waals surface area contributed by atoms with Crippen molar-refractivity contribution in [3.63, 3.8) is 0 Å². The average molecular weight is 199 g/mol. The first-order valence-electron chi connectivity index (χ1n) is 4.26. The Morgan fingerprint density at radius 3 is 2.79 bits per heavy atom. The fourth-order valence-corrected chi connectivity index (χ4v) is 1.17. The van der Waals surface area contributed by atoms with Crippen LogP contribution in [0.2, 0.25) is 0 Å². The summed E-state index contributed by atoms with van der Waals surface area (Å²) in [6.45, 7) is 0.888. The number of amides is 1. The molecule has 1 aromatic rings. The van der Waals surface area contributed by atoms with Gasteiger partial charge >= 0.3 is 0 Å². The van der Waals surface area contributed by atoms with Crippen LogP contribution in [-0.2, 0) is 0 Å². The van der Waals surface area contributed by atoms with Crippen LogP contribution in [0.4, 0.5) is 8.78 Å². The Labute approximate surface area is 80.9 Å². The van der Waals surface area contributed by atoms with Gasteiger partial charge in [-0.15, -0.1) is 0 Å². The van der Waals surface area contributed by atoms with Gasteiger partial charge in [-0.1, -0.05) is 12.1 Å². The summed E-state index contributed by atoms with van der Waals surface area (Å²) >= 11 is 0. The largest absolute Gasteiger partial charge is 0.349 e. The molecule has 76 valence electrons. The third-order valence-corrected chi connectivity index (χ3v) is 1.83. The Balaban J connectivity index is 2.89. The summed E-state index contributed by atoms with van der Waals surface area (Å²) in [5.74, 6) is -1.15. The number of carbonyl (C=O) groups excluding carboxylic acids is 1. The topological polar surface area (TPSA) is 29.1 Å². The number of nitrogens with one attached hydrogen (secondary N) is 1. The molecular formula is C10H11F2NO. The van der Waals surface area contributed by atoms with Crippen molar-refractivity contribution in [3.8, 4) is 0 Å². The third-order valence-electron chi connectivity index (χ3n) is 1.83. The minimum absolute atomic E-state index is 0.0130. The van der Waals surface area contributed by atoms with Crippen LogP contribution in [0.1, 0.15) is 15.9 Å². The smallest absolute Gasteiger partial charge is 0.254 e. The quantitative estimate of drug-likeness (QED) is 0.790. The van der Waals surface area contributed by atoms with Gasteiger partial charge in [-0.3, -0.25) is 4.79 Å². The highest BCUT2D eigenvalue weighted by Crippen LogP contribution is 2.11. The number of aryl methyl sites for hydroxylation is 1. The zero-order chi connectivity index (χ0) is 10.6. The van der Waals surface area contributed by atoms with E-state index in [1.54, 1.807) is 13.0 Å². The second-order valence-electron chi connectivity index (χ2n) is 2.88. The molecule has 1 rings (SSSR count). The Morgan fingerprint density at radius 2 is 2.21 bits per heavy atom. The van der Waals surface area contributed by atoms with Crippen molar-refractivity contribution < 1.29 is 13.6 Å². The van der Waals surface area contributed by atoms with Crippen molar-refractivity contribution in [2.45, 2.75) is 6.92 Å². The first kappa shape index (κ1) is 10.6. The molecule has 0 spiro atoms. The maximum Gasteiger partial charge on any atom is 0.254 e. The maximum absolute atomic E-state index is 13.2. The van der Waals surface area contributed by atoms with E-state index in [0.29, 0.717) is 5.56 Å². The van der Waals surface area contributed by atoms with E-state index in [1.807, 2.05) is 0 Å². The molecule has 1 aromatic carbocycles. The number of hydrogen-bond donors (Lipinski definition) is 1. The highest BCUT2D eigenvalue weighted by Gasteiger charge is 2.13. The van der Waals surface area contributed by atoms with Crippen LogP contribution in [0, 0.1) is 12.7 Å². The Hall–Kier alpha value is -1.45. The molecule has 0 aromatic heterocycles. The molecule has 0 aliphatic heterocycles. The zero-order valence-electron chi connectivity index (χ0n) is 7.81. The van der Waals surface area contributed by atoms with E-state index < -0.39 is 18.4 Å². The SMILES string of the molecule is Cc1cccc(F)c1C(=O)NCCF. The van der Waals surface area contributed by atoms with Gasteiger partial charge in [-0.05, 0) is 18.6 Å². The second kappa shape index (κ2) is 4.69. The van der Waals surface area contributed by atoms with E-state index in [0.717, 1.165) is 0 Å². The van der Waals surface area contributed by atoms with E-state index in [1.165, 1.54) is 12.1 Å². The predicted molar refractivity (Wildman–Crippen MR) is 49.4 cm³/mol. The molecule has 0 fully saturated rings. The summed E-state index contributed by atoms with van der Waals surface area (Å²) in [6.07, 6.45) is 0. The molecule has 0 saturated heterocycles. The normalized spacial score (nSPS) is 9.93. The molecule has 2 nitrogen and oxygen atoms in total. The van der Waals surface area contributed by atoms with E-state index in [-0.39, 0.29) is 12.1 Å². The lowest BCUT2D eigenvalue weighted by molar-refractivity contribution is 0.0946. The van der Waals surface area contributed by atoms with Gasteiger partial charge < -0.3 is 5.32 Å². The summed E-state index contributed by atoms with van der Waals surface area (Å²) < 4.78 is 24.9. The second-order valence-corrected chi connectivity index (χ2v) is 2.88. The number of halogens is 2. The molecule has 14 heavy (non-hydrogen) atoms. The van der Waals surface area contributed by atoms with Crippen molar-refractivity contribution in [2.24, 2.45) is 0 Å². The third kappa shape index (κ3) is 2.28. The van der Waals surface area contributed by atoms with Crippen LogP contribution >= 0.6 is 0 Å². The van der Waals surface area contributed by atoms with Crippen LogP contribution in [0.15, 0.2) is 18.2 Å². The summed E-state index contributed by atoms with van der Waals surface area (Å²) in [7, 11) is 0. The molecule has 1 N–H and O–H groups in total. The van der Waals surface area contributed by atoms with Gasteiger partial charge in [0.1, 0.15) is 12.5 Å². The van der Waals surface area contributed by atoms with Gasteiger partial charge in [-0.2, -0.15) is 0 Å². The van der Waals surface area contributed by atoms with E-state index >= 15 is 0 Å². The van der Waals surface area contributed by atoms with Gasteiger partial charge in [0.15, 0.2) is 0 Å². The predicted octanol–water partition coefficient (Wildman–Crippen LogP) is 1.83. The molecule has 0 heterocycles. The molecular weight excluding hydrogens is 188 g/mol. The van der Waals surface area contributed by atoms with E-state index in [9.17, 15) is 13.6 Å². The number of carbonyl (C=O) groups is 1. The molecule has 4 heteroatoms. The Bertz CT molecular complexity index is 319. The van der Waals surface area contributed by atoms with Crippen molar-refractivity contribution in [1.82, 2.24) is 5.32 Å². The molecule has 0 unspecified atom stereocenters. The van der Waals surface area contributed by atoms with E-state index in [4.69, 9.17) is 0 Å². The van der Waals surface area contributed by atoms with Gasteiger partial charge in [0, 0.05) is 6.54 Å². The number of alkyl halides is 1. The first-order valence-corrected chi connectivity index (χ1v) is 4.26. The molecule has 1 amide bonds.